The van der Waals surface area contributed by atoms with Crippen LogP contribution < -0.4 is 5.32 Å². The second-order valence-electron chi connectivity index (χ2n) is 4.37. The molecule has 0 aliphatic heterocycles. The number of carbonyl (C=O) groups is 2. The minimum atomic E-state index is -0.707. The third kappa shape index (κ3) is 2.87. The lowest BCUT2D eigenvalue weighted by Crippen LogP contribution is -2.35. The fourth-order valence-electron chi connectivity index (χ4n) is 2.40. The van der Waals surface area contributed by atoms with E-state index in [1.165, 1.54) is 18.4 Å². The van der Waals surface area contributed by atoms with Gasteiger partial charge in [-0.25, -0.2) is 4.98 Å². The number of hydrogen-bond donors (Lipinski definition) is 1. The van der Waals surface area contributed by atoms with Crippen molar-refractivity contribution in [3.05, 3.63) is 11.6 Å². The smallest absolute Gasteiger partial charge is 0.318 e. The zero-order chi connectivity index (χ0) is 13.0. The monoisotopic (exact) mass is 268 g/mol. The average molecular weight is 268 g/mol. The number of amides is 1. The van der Waals surface area contributed by atoms with Gasteiger partial charge in [-0.05, 0) is 18.8 Å². The largest absolute Gasteiger partial charge is 0.468 e. The molecule has 1 amide bonds. The number of anilines is 1. The summed E-state index contributed by atoms with van der Waals surface area (Å²) in [7, 11) is 1.32. The number of ether oxygens (including phenoxy) is 1. The van der Waals surface area contributed by atoms with Gasteiger partial charge in [0, 0.05) is 11.6 Å². The molecule has 0 aromatic carbocycles. The zero-order valence-corrected chi connectivity index (χ0v) is 11.0. The van der Waals surface area contributed by atoms with Gasteiger partial charge >= 0.3 is 5.97 Å². The highest BCUT2D eigenvalue weighted by atomic mass is 32.1. The van der Waals surface area contributed by atoms with Crippen LogP contribution in [0.25, 0.3) is 0 Å². The van der Waals surface area contributed by atoms with Crippen molar-refractivity contribution in [1.29, 1.82) is 0 Å². The Hall–Kier alpha value is -1.43. The van der Waals surface area contributed by atoms with Gasteiger partial charge in [0.1, 0.15) is 5.92 Å². The van der Waals surface area contributed by atoms with Crippen LogP contribution in [0.2, 0.25) is 0 Å². The van der Waals surface area contributed by atoms with Crippen molar-refractivity contribution in [3.63, 3.8) is 0 Å². The van der Waals surface area contributed by atoms with Crippen molar-refractivity contribution < 1.29 is 14.3 Å². The highest BCUT2D eigenvalue weighted by Gasteiger charge is 2.37. The lowest BCUT2D eigenvalue weighted by atomic mass is 9.90. The van der Waals surface area contributed by atoms with Crippen LogP contribution in [0.5, 0.6) is 0 Å². The van der Waals surface area contributed by atoms with Crippen LogP contribution in [0.15, 0.2) is 11.6 Å². The van der Waals surface area contributed by atoms with Gasteiger partial charge in [0.05, 0.1) is 7.11 Å². The molecule has 1 aromatic heterocycles. The lowest BCUT2D eigenvalue weighted by molar-refractivity contribution is -0.150. The van der Waals surface area contributed by atoms with Crippen molar-refractivity contribution in [2.24, 2.45) is 11.8 Å². The summed E-state index contributed by atoms with van der Waals surface area (Å²) in [6.45, 7) is 0. The van der Waals surface area contributed by atoms with Crippen molar-refractivity contribution in [2.45, 2.75) is 25.7 Å². The zero-order valence-electron chi connectivity index (χ0n) is 10.2. The Bertz CT molecular complexity index is 413. The van der Waals surface area contributed by atoms with Crippen LogP contribution in [0.3, 0.4) is 0 Å². The summed E-state index contributed by atoms with van der Waals surface area (Å²) in [6.07, 6.45) is 5.57. The van der Waals surface area contributed by atoms with E-state index >= 15 is 0 Å². The van der Waals surface area contributed by atoms with Gasteiger partial charge in [-0.15, -0.1) is 11.3 Å². The summed E-state index contributed by atoms with van der Waals surface area (Å²) in [5, 5.41) is 4.98. The first-order valence-corrected chi connectivity index (χ1v) is 6.88. The highest BCUT2D eigenvalue weighted by Crippen LogP contribution is 2.33. The third-order valence-corrected chi connectivity index (χ3v) is 3.96. The number of aromatic nitrogens is 1. The lowest BCUT2D eigenvalue weighted by Gasteiger charge is -2.19. The van der Waals surface area contributed by atoms with Crippen molar-refractivity contribution in [3.8, 4) is 0 Å². The van der Waals surface area contributed by atoms with Gasteiger partial charge in [0.25, 0.3) is 0 Å². The predicted molar refractivity (Wildman–Crippen MR) is 68.2 cm³/mol. The van der Waals surface area contributed by atoms with Gasteiger partial charge in [-0.3, -0.25) is 9.59 Å². The Morgan fingerprint density at radius 1 is 1.50 bits per heavy atom. The second-order valence-corrected chi connectivity index (χ2v) is 5.27. The van der Waals surface area contributed by atoms with E-state index in [1.807, 2.05) is 0 Å². The molecule has 2 rings (SSSR count). The number of nitrogens with one attached hydrogen (secondary N) is 1. The number of thiazole rings is 1. The first-order valence-electron chi connectivity index (χ1n) is 6.00. The third-order valence-electron chi connectivity index (χ3n) is 3.27. The van der Waals surface area contributed by atoms with Gasteiger partial charge in [-0.1, -0.05) is 12.8 Å². The van der Waals surface area contributed by atoms with Crippen LogP contribution in [-0.2, 0) is 14.3 Å². The number of methoxy groups -OCH3 is 1. The van der Waals surface area contributed by atoms with E-state index in [-0.39, 0.29) is 11.8 Å². The fourth-order valence-corrected chi connectivity index (χ4v) is 2.93. The van der Waals surface area contributed by atoms with Crippen molar-refractivity contribution in [1.82, 2.24) is 4.98 Å². The Morgan fingerprint density at radius 2 is 2.22 bits per heavy atom. The van der Waals surface area contributed by atoms with Crippen molar-refractivity contribution >= 4 is 28.3 Å². The molecule has 1 atom stereocenters. The molecular formula is C12H16N2O3S. The highest BCUT2D eigenvalue weighted by molar-refractivity contribution is 7.13. The second kappa shape index (κ2) is 5.95. The molecular weight excluding hydrogens is 252 g/mol. The van der Waals surface area contributed by atoms with Crippen LogP contribution in [0.1, 0.15) is 25.7 Å². The standard InChI is InChI=1S/C12H16N2O3S/c1-17-11(16)9(8-4-2-3-5-8)10(15)14-12-13-6-7-18-12/h6-9H,2-5H2,1H3,(H,13,14,15). The molecule has 1 aliphatic rings. The molecule has 6 heteroatoms. The van der Waals surface area contributed by atoms with Crippen LogP contribution in [0, 0.1) is 11.8 Å². The van der Waals surface area contributed by atoms with Crippen LogP contribution in [0.4, 0.5) is 5.13 Å². The molecule has 1 aliphatic carbocycles. The molecule has 1 N–H and O–H groups in total. The van der Waals surface area contributed by atoms with E-state index < -0.39 is 11.9 Å². The van der Waals surface area contributed by atoms with Gasteiger partial charge in [0.2, 0.25) is 5.91 Å². The molecule has 1 unspecified atom stereocenters. The number of nitrogens with zero attached hydrogens (tertiary/aromatic N) is 1. The average Bonchev–Trinajstić information content (AvgIpc) is 3.02. The topological polar surface area (TPSA) is 68.3 Å². The van der Waals surface area contributed by atoms with Gasteiger partial charge in [0.15, 0.2) is 5.13 Å². The minimum absolute atomic E-state index is 0.0948. The Balaban J connectivity index is 2.07. The Kier molecular flexibility index (Phi) is 4.30. The molecule has 1 fully saturated rings. The first-order chi connectivity index (χ1) is 8.72. The summed E-state index contributed by atoms with van der Waals surface area (Å²) in [6, 6.07) is 0. The summed E-state index contributed by atoms with van der Waals surface area (Å²) >= 11 is 1.34. The molecule has 0 saturated heterocycles. The molecule has 1 aromatic rings. The van der Waals surface area contributed by atoms with Crippen LogP contribution in [-0.4, -0.2) is 24.0 Å². The maximum atomic E-state index is 12.2. The van der Waals surface area contributed by atoms with Gasteiger partial charge < -0.3 is 10.1 Å². The maximum absolute atomic E-state index is 12.2. The summed E-state index contributed by atoms with van der Waals surface area (Å²) in [5.41, 5.74) is 0. The normalized spacial score (nSPS) is 17.4. The molecule has 98 valence electrons. The predicted octanol–water partition coefficient (Wildman–Crippen LogP) is 2.06. The molecule has 1 saturated carbocycles. The Morgan fingerprint density at radius 3 is 2.78 bits per heavy atom. The van der Waals surface area contributed by atoms with Crippen molar-refractivity contribution in [2.75, 3.05) is 12.4 Å². The number of carbonyl (C=O) groups excluding carboxylic acids is 2. The van der Waals surface area contributed by atoms with E-state index in [0.717, 1.165) is 25.7 Å². The van der Waals surface area contributed by atoms with E-state index in [4.69, 9.17) is 4.74 Å². The summed E-state index contributed by atoms with van der Waals surface area (Å²) in [5.74, 6) is -1.36. The van der Waals surface area contributed by atoms with E-state index in [0.29, 0.717) is 5.13 Å². The quantitative estimate of drug-likeness (QED) is 0.670. The SMILES string of the molecule is COC(=O)C(C(=O)Nc1nccs1)C1CCCC1. The molecule has 0 spiro atoms. The first kappa shape index (κ1) is 13.0. The van der Waals surface area contributed by atoms with E-state index in [9.17, 15) is 9.59 Å². The molecule has 1 heterocycles. The van der Waals surface area contributed by atoms with E-state index in [1.54, 1.807) is 11.6 Å². The van der Waals surface area contributed by atoms with Gasteiger partial charge in [-0.2, -0.15) is 0 Å². The number of esters is 1. The van der Waals surface area contributed by atoms with Crippen LogP contribution >= 0.6 is 11.3 Å². The number of hydrogen-bond acceptors (Lipinski definition) is 5. The minimum Gasteiger partial charge on any atom is -0.468 e. The summed E-state index contributed by atoms with van der Waals surface area (Å²) in [4.78, 5) is 27.9. The molecule has 18 heavy (non-hydrogen) atoms. The molecule has 5 nitrogen and oxygen atoms in total. The fraction of sp³-hybridized carbons (Fsp3) is 0.583. The molecule has 0 radical (unpaired) electrons. The maximum Gasteiger partial charge on any atom is 0.318 e. The summed E-state index contributed by atoms with van der Waals surface area (Å²) < 4.78 is 4.75. The number of rotatable bonds is 4. The van der Waals surface area contributed by atoms with E-state index in [2.05, 4.69) is 10.3 Å². The Labute approximate surface area is 110 Å². The molecule has 0 bridgehead atoms.